The Morgan fingerprint density at radius 1 is 1.00 bits per heavy atom. The molecule has 0 bridgehead atoms. The lowest BCUT2D eigenvalue weighted by molar-refractivity contribution is 0.632. The first-order valence-electron chi connectivity index (χ1n) is 6.96. The van der Waals surface area contributed by atoms with Crippen LogP contribution in [0.5, 0.6) is 0 Å². The number of para-hydroxylation sites is 1. The Hall–Kier alpha value is -0.790. The number of aromatic nitrogens is 1. The van der Waals surface area contributed by atoms with E-state index in [4.69, 9.17) is 23.2 Å². The summed E-state index contributed by atoms with van der Waals surface area (Å²) in [6.45, 7) is 2.22. The smallest absolute Gasteiger partial charge is 0.134 e. The molecular formula is C16H19Cl2N. The lowest BCUT2D eigenvalue weighted by Gasteiger charge is -2.09. The van der Waals surface area contributed by atoms with Gasteiger partial charge in [-0.25, -0.2) is 4.98 Å². The van der Waals surface area contributed by atoms with Crippen molar-refractivity contribution < 1.29 is 0 Å². The maximum Gasteiger partial charge on any atom is 0.134 e. The molecule has 0 N–H and O–H groups in total. The normalized spacial score (nSPS) is 11.1. The van der Waals surface area contributed by atoms with E-state index in [9.17, 15) is 0 Å². The van der Waals surface area contributed by atoms with E-state index < -0.39 is 0 Å². The third-order valence-corrected chi connectivity index (χ3v) is 4.15. The van der Waals surface area contributed by atoms with Crippen molar-refractivity contribution in [1.82, 2.24) is 4.98 Å². The predicted molar refractivity (Wildman–Crippen MR) is 84.2 cm³/mol. The zero-order valence-corrected chi connectivity index (χ0v) is 12.8. The van der Waals surface area contributed by atoms with Crippen LogP contribution in [0.2, 0.25) is 10.2 Å². The van der Waals surface area contributed by atoms with E-state index in [0.29, 0.717) is 5.15 Å². The number of pyridine rings is 1. The lowest BCUT2D eigenvalue weighted by Crippen LogP contribution is -1.94. The number of rotatable bonds is 6. The molecule has 0 amide bonds. The summed E-state index contributed by atoms with van der Waals surface area (Å²) in [6, 6.07) is 7.88. The summed E-state index contributed by atoms with van der Waals surface area (Å²) in [4.78, 5) is 4.43. The Morgan fingerprint density at radius 3 is 2.53 bits per heavy atom. The van der Waals surface area contributed by atoms with Gasteiger partial charge in [-0.05, 0) is 18.9 Å². The van der Waals surface area contributed by atoms with Gasteiger partial charge in [-0.2, -0.15) is 0 Å². The summed E-state index contributed by atoms with van der Waals surface area (Å²) in [6.07, 6.45) is 7.12. The molecule has 0 aliphatic heterocycles. The largest absolute Gasteiger partial charge is 0.236 e. The number of hydrogen-bond acceptors (Lipinski definition) is 1. The highest BCUT2D eigenvalue weighted by molar-refractivity contribution is 6.39. The molecule has 0 fully saturated rings. The lowest BCUT2D eigenvalue weighted by atomic mass is 10.0. The first kappa shape index (κ1) is 14.6. The van der Waals surface area contributed by atoms with Crippen molar-refractivity contribution >= 4 is 34.1 Å². The predicted octanol–water partition coefficient (Wildman–Crippen LogP) is 6.05. The van der Waals surface area contributed by atoms with E-state index in [1.54, 1.807) is 0 Å². The molecule has 0 aliphatic rings. The van der Waals surface area contributed by atoms with Gasteiger partial charge in [0.25, 0.3) is 0 Å². The van der Waals surface area contributed by atoms with Crippen molar-refractivity contribution in [3.8, 4) is 0 Å². The third-order valence-electron chi connectivity index (χ3n) is 3.40. The van der Waals surface area contributed by atoms with E-state index in [2.05, 4.69) is 11.9 Å². The van der Waals surface area contributed by atoms with E-state index in [1.807, 2.05) is 24.3 Å². The van der Waals surface area contributed by atoms with Crippen LogP contribution in [-0.2, 0) is 6.42 Å². The van der Waals surface area contributed by atoms with Gasteiger partial charge in [0, 0.05) is 10.9 Å². The highest BCUT2D eigenvalue weighted by Gasteiger charge is 2.11. The van der Waals surface area contributed by atoms with Gasteiger partial charge in [0.1, 0.15) is 5.15 Å². The second-order valence-corrected chi connectivity index (χ2v) is 5.61. The molecule has 102 valence electrons. The van der Waals surface area contributed by atoms with Crippen LogP contribution in [0.25, 0.3) is 10.9 Å². The Kier molecular flexibility index (Phi) is 5.47. The van der Waals surface area contributed by atoms with Crippen LogP contribution in [0, 0.1) is 0 Å². The molecule has 1 aromatic carbocycles. The van der Waals surface area contributed by atoms with Crippen LogP contribution in [-0.4, -0.2) is 4.98 Å². The Balaban J connectivity index is 2.14. The first-order valence-corrected chi connectivity index (χ1v) is 7.72. The fourth-order valence-electron chi connectivity index (χ4n) is 2.30. The topological polar surface area (TPSA) is 12.9 Å². The quantitative estimate of drug-likeness (QED) is 0.466. The SMILES string of the molecule is CCCCCCCc1c(Cl)nc2ccccc2c1Cl. The maximum absolute atomic E-state index is 6.46. The molecule has 0 spiro atoms. The van der Waals surface area contributed by atoms with Crippen molar-refractivity contribution in [3.63, 3.8) is 0 Å². The molecule has 1 heterocycles. The first-order chi connectivity index (χ1) is 9.24. The van der Waals surface area contributed by atoms with Crippen LogP contribution in [0.1, 0.15) is 44.6 Å². The summed E-state index contributed by atoms with van der Waals surface area (Å²) in [5, 5.41) is 2.32. The van der Waals surface area contributed by atoms with Crippen molar-refractivity contribution in [2.45, 2.75) is 45.4 Å². The minimum absolute atomic E-state index is 0.555. The summed E-state index contributed by atoms with van der Waals surface area (Å²) >= 11 is 12.7. The summed E-state index contributed by atoms with van der Waals surface area (Å²) in [5.41, 5.74) is 1.87. The number of fused-ring (bicyclic) bond motifs is 1. The molecule has 19 heavy (non-hydrogen) atoms. The van der Waals surface area contributed by atoms with Crippen LogP contribution in [0.15, 0.2) is 24.3 Å². The van der Waals surface area contributed by atoms with Gasteiger partial charge in [0.2, 0.25) is 0 Å². The van der Waals surface area contributed by atoms with Gasteiger partial charge in [-0.15, -0.1) is 0 Å². The molecule has 0 unspecified atom stereocenters. The molecule has 0 atom stereocenters. The molecule has 3 heteroatoms. The second kappa shape index (κ2) is 7.12. The zero-order chi connectivity index (χ0) is 13.7. The van der Waals surface area contributed by atoms with Gasteiger partial charge >= 0.3 is 0 Å². The Bertz CT molecular complexity index is 552. The van der Waals surface area contributed by atoms with Crippen molar-refractivity contribution in [3.05, 3.63) is 40.0 Å². The third kappa shape index (κ3) is 3.61. The Labute approximate surface area is 124 Å². The molecule has 1 aromatic heterocycles. The fraction of sp³-hybridized carbons (Fsp3) is 0.438. The van der Waals surface area contributed by atoms with Crippen molar-refractivity contribution in [2.24, 2.45) is 0 Å². The van der Waals surface area contributed by atoms with Crippen LogP contribution in [0.3, 0.4) is 0 Å². The van der Waals surface area contributed by atoms with Gasteiger partial charge in [-0.3, -0.25) is 0 Å². The van der Waals surface area contributed by atoms with E-state index in [-0.39, 0.29) is 0 Å². The van der Waals surface area contributed by atoms with Crippen LogP contribution >= 0.6 is 23.2 Å². The van der Waals surface area contributed by atoms with Gasteiger partial charge < -0.3 is 0 Å². The molecule has 0 saturated carbocycles. The molecular weight excluding hydrogens is 277 g/mol. The van der Waals surface area contributed by atoms with Crippen molar-refractivity contribution in [2.75, 3.05) is 0 Å². The minimum atomic E-state index is 0.555. The summed E-state index contributed by atoms with van der Waals surface area (Å²) in [5.74, 6) is 0. The van der Waals surface area contributed by atoms with Gasteiger partial charge in [0.15, 0.2) is 0 Å². The molecule has 0 aliphatic carbocycles. The maximum atomic E-state index is 6.46. The van der Waals surface area contributed by atoms with E-state index in [0.717, 1.165) is 34.3 Å². The van der Waals surface area contributed by atoms with Gasteiger partial charge in [0.05, 0.1) is 10.5 Å². The van der Waals surface area contributed by atoms with E-state index in [1.165, 1.54) is 25.7 Å². The van der Waals surface area contributed by atoms with Crippen molar-refractivity contribution in [1.29, 1.82) is 0 Å². The molecule has 2 rings (SSSR count). The number of benzene rings is 1. The van der Waals surface area contributed by atoms with Gasteiger partial charge in [-0.1, -0.05) is 74.0 Å². The number of unbranched alkanes of at least 4 members (excludes halogenated alkanes) is 4. The summed E-state index contributed by atoms with van der Waals surface area (Å²) < 4.78 is 0. The van der Waals surface area contributed by atoms with Crippen LogP contribution < -0.4 is 0 Å². The standard InChI is InChI=1S/C16H19Cl2N/c1-2-3-4-5-6-10-13-15(17)12-9-7-8-11-14(12)19-16(13)18/h7-9,11H,2-6,10H2,1H3. The second-order valence-electron chi connectivity index (χ2n) is 4.88. The number of nitrogens with zero attached hydrogens (tertiary/aromatic N) is 1. The minimum Gasteiger partial charge on any atom is -0.236 e. The fourth-order valence-corrected chi connectivity index (χ4v) is 2.97. The average Bonchev–Trinajstić information content (AvgIpc) is 2.42. The highest BCUT2D eigenvalue weighted by atomic mass is 35.5. The number of hydrogen-bond donors (Lipinski definition) is 0. The molecule has 0 saturated heterocycles. The van der Waals surface area contributed by atoms with E-state index >= 15 is 0 Å². The average molecular weight is 296 g/mol. The molecule has 1 nitrogen and oxygen atoms in total. The molecule has 0 radical (unpaired) electrons. The zero-order valence-electron chi connectivity index (χ0n) is 11.3. The van der Waals surface area contributed by atoms with Crippen LogP contribution in [0.4, 0.5) is 0 Å². The monoisotopic (exact) mass is 295 g/mol. The number of halogens is 2. The highest BCUT2D eigenvalue weighted by Crippen LogP contribution is 2.31. The Morgan fingerprint density at radius 2 is 1.74 bits per heavy atom. The summed E-state index contributed by atoms with van der Waals surface area (Å²) in [7, 11) is 0. The molecule has 2 aromatic rings.